The van der Waals surface area contributed by atoms with Crippen molar-refractivity contribution < 1.29 is 5.11 Å². The molecule has 3 nitrogen and oxygen atoms in total. The molecule has 0 bridgehead atoms. The zero-order valence-electron chi connectivity index (χ0n) is 8.33. The molecule has 0 aliphatic carbocycles. The van der Waals surface area contributed by atoms with Crippen LogP contribution in [0.4, 0.5) is 0 Å². The van der Waals surface area contributed by atoms with Crippen LogP contribution in [0.5, 0.6) is 0 Å². The van der Waals surface area contributed by atoms with E-state index in [0.29, 0.717) is 6.54 Å². The normalized spacial score (nSPS) is 12.0. The van der Waals surface area contributed by atoms with Crippen molar-refractivity contribution in [3.05, 3.63) is 24.0 Å². The lowest BCUT2D eigenvalue weighted by atomic mass is 10.1. The van der Waals surface area contributed by atoms with Gasteiger partial charge in [-0.2, -0.15) is 0 Å². The minimum atomic E-state index is -0.601. The number of nitrogens with two attached hydrogens (primary N) is 1. The van der Waals surface area contributed by atoms with Crippen LogP contribution in [-0.4, -0.2) is 15.3 Å². The van der Waals surface area contributed by atoms with E-state index in [9.17, 15) is 5.11 Å². The number of aryl methyl sites for hydroxylation is 1. The molecule has 0 radical (unpaired) electrons. The van der Waals surface area contributed by atoms with Gasteiger partial charge in [0.25, 0.3) is 0 Å². The van der Waals surface area contributed by atoms with Gasteiger partial charge < -0.3 is 15.4 Å². The van der Waals surface area contributed by atoms with Gasteiger partial charge in [-0.1, -0.05) is 0 Å². The molecule has 0 unspecified atom stereocenters. The lowest BCUT2D eigenvalue weighted by molar-refractivity contribution is 0.0660. The van der Waals surface area contributed by atoms with Crippen LogP contribution in [0.25, 0.3) is 0 Å². The maximum atomic E-state index is 9.54. The van der Waals surface area contributed by atoms with Gasteiger partial charge in [-0.05, 0) is 32.4 Å². The molecule has 0 aromatic carbocycles. The monoisotopic (exact) mass is 182 g/mol. The molecule has 13 heavy (non-hydrogen) atoms. The van der Waals surface area contributed by atoms with Crippen LogP contribution < -0.4 is 5.73 Å². The fraction of sp³-hybridized carbons (Fsp3) is 0.600. The van der Waals surface area contributed by atoms with Crippen molar-refractivity contribution in [3.8, 4) is 0 Å². The van der Waals surface area contributed by atoms with Gasteiger partial charge in [-0.3, -0.25) is 0 Å². The van der Waals surface area contributed by atoms with Gasteiger partial charge in [0.2, 0.25) is 0 Å². The van der Waals surface area contributed by atoms with Crippen molar-refractivity contribution in [2.24, 2.45) is 5.73 Å². The Bertz CT molecular complexity index is 260. The predicted molar refractivity (Wildman–Crippen MR) is 53.2 cm³/mol. The van der Waals surface area contributed by atoms with Gasteiger partial charge in [0.15, 0.2) is 0 Å². The molecule has 0 amide bonds. The molecule has 0 saturated carbocycles. The van der Waals surface area contributed by atoms with Crippen LogP contribution >= 0.6 is 0 Å². The van der Waals surface area contributed by atoms with Gasteiger partial charge in [0, 0.05) is 25.0 Å². The third kappa shape index (κ3) is 3.20. The molecule has 0 fully saturated rings. The van der Waals surface area contributed by atoms with Crippen molar-refractivity contribution in [2.45, 2.75) is 39.0 Å². The van der Waals surface area contributed by atoms with Gasteiger partial charge in [-0.15, -0.1) is 0 Å². The molecule has 1 heterocycles. The average molecular weight is 182 g/mol. The van der Waals surface area contributed by atoms with E-state index in [2.05, 4.69) is 4.57 Å². The predicted octanol–water partition coefficient (Wildman–Crippen LogP) is 1.11. The number of aliphatic hydroxyl groups is 1. The zero-order chi connectivity index (χ0) is 9.90. The van der Waals surface area contributed by atoms with Gasteiger partial charge >= 0.3 is 0 Å². The van der Waals surface area contributed by atoms with Crippen LogP contribution in [0.3, 0.4) is 0 Å². The van der Waals surface area contributed by atoms with E-state index in [4.69, 9.17) is 5.73 Å². The van der Waals surface area contributed by atoms with Crippen molar-refractivity contribution in [1.82, 2.24) is 4.57 Å². The van der Waals surface area contributed by atoms with Crippen molar-refractivity contribution in [1.29, 1.82) is 0 Å². The molecule has 1 aromatic heterocycles. The Hall–Kier alpha value is -0.800. The first-order chi connectivity index (χ1) is 6.03. The van der Waals surface area contributed by atoms with Crippen molar-refractivity contribution >= 4 is 0 Å². The summed E-state index contributed by atoms with van der Waals surface area (Å²) in [4.78, 5) is 0. The largest absolute Gasteiger partial charge is 0.390 e. The highest BCUT2D eigenvalue weighted by molar-refractivity contribution is 5.06. The Labute approximate surface area is 79.2 Å². The smallest absolute Gasteiger partial charge is 0.0608 e. The van der Waals surface area contributed by atoms with E-state index in [1.807, 2.05) is 32.2 Å². The lowest BCUT2D eigenvalue weighted by Gasteiger charge is -2.18. The van der Waals surface area contributed by atoms with Gasteiger partial charge in [-0.25, -0.2) is 0 Å². The van der Waals surface area contributed by atoms with Gasteiger partial charge in [0.05, 0.1) is 5.60 Å². The average Bonchev–Trinajstić information content (AvgIpc) is 2.46. The fourth-order valence-corrected chi connectivity index (χ4v) is 1.25. The molecule has 74 valence electrons. The summed E-state index contributed by atoms with van der Waals surface area (Å²) in [7, 11) is 0. The first-order valence-electron chi connectivity index (χ1n) is 4.59. The van der Waals surface area contributed by atoms with Crippen LogP contribution in [0.2, 0.25) is 0 Å². The maximum Gasteiger partial charge on any atom is 0.0608 e. The summed E-state index contributed by atoms with van der Waals surface area (Å²) >= 11 is 0. The lowest BCUT2D eigenvalue weighted by Crippen LogP contribution is -2.21. The number of aromatic nitrogens is 1. The quantitative estimate of drug-likeness (QED) is 0.732. The second-order valence-corrected chi connectivity index (χ2v) is 3.96. The van der Waals surface area contributed by atoms with Crippen LogP contribution in [0.15, 0.2) is 18.3 Å². The maximum absolute atomic E-state index is 9.54. The second-order valence-electron chi connectivity index (χ2n) is 3.96. The Kier molecular flexibility index (Phi) is 3.12. The third-order valence-electron chi connectivity index (χ3n) is 2.10. The van der Waals surface area contributed by atoms with E-state index in [0.717, 1.165) is 18.7 Å². The molecule has 1 aromatic rings. The minimum Gasteiger partial charge on any atom is -0.390 e. The summed E-state index contributed by atoms with van der Waals surface area (Å²) < 4.78 is 2.08. The van der Waals surface area contributed by atoms with E-state index < -0.39 is 5.60 Å². The Balaban J connectivity index is 2.54. The molecular weight excluding hydrogens is 164 g/mol. The zero-order valence-corrected chi connectivity index (χ0v) is 8.33. The first kappa shape index (κ1) is 10.3. The molecule has 0 atom stereocenters. The summed E-state index contributed by atoms with van der Waals surface area (Å²) in [6, 6.07) is 3.98. The molecule has 3 heteroatoms. The van der Waals surface area contributed by atoms with E-state index in [1.165, 1.54) is 0 Å². The number of rotatable bonds is 4. The van der Waals surface area contributed by atoms with Crippen LogP contribution in [0.1, 0.15) is 26.0 Å². The molecule has 0 spiro atoms. The number of hydrogen-bond donors (Lipinski definition) is 2. The highest BCUT2D eigenvalue weighted by Gasteiger charge is 2.12. The minimum absolute atomic E-state index is 0.554. The molecule has 0 aliphatic rings. The number of hydrogen-bond acceptors (Lipinski definition) is 2. The SMILES string of the molecule is CC(C)(O)CCn1cccc1CN. The van der Waals surface area contributed by atoms with Crippen molar-refractivity contribution in [2.75, 3.05) is 0 Å². The fourth-order valence-electron chi connectivity index (χ4n) is 1.25. The molecule has 1 rings (SSSR count). The van der Waals surface area contributed by atoms with Crippen LogP contribution in [0, 0.1) is 0 Å². The van der Waals surface area contributed by atoms with Crippen LogP contribution in [-0.2, 0) is 13.1 Å². The van der Waals surface area contributed by atoms with Gasteiger partial charge in [0.1, 0.15) is 0 Å². The Morgan fingerprint density at radius 3 is 2.77 bits per heavy atom. The first-order valence-corrected chi connectivity index (χ1v) is 4.59. The van der Waals surface area contributed by atoms with Crippen molar-refractivity contribution in [3.63, 3.8) is 0 Å². The summed E-state index contributed by atoms with van der Waals surface area (Å²) in [5.41, 5.74) is 6.07. The topological polar surface area (TPSA) is 51.2 Å². The highest BCUT2D eigenvalue weighted by atomic mass is 16.3. The molecular formula is C10H18N2O. The van der Waals surface area contributed by atoms with E-state index in [-0.39, 0.29) is 0 Å². The third-order valence-corrected chi connectivity index (χ3v) is 2.10. The molecule has 3 N–H and O–H groups in total. The van der Waals surface area contributed by atoms with E-state index >= 15 is 0 Å². The number of nitrogens with zero attached hydrogens (tertiary/aromatic N) is 1. The standard InChI is InChI=1S/C10H18N2O/c1-10(2,13)5-7-12-6-3-4-9(12)8-11/h3-4,6,13H,5,7-8,11H2,1-2H3. The van der Waals surface area contributed by atoms with E-state index in [1.54, 1.807) is 0 Å². The summed E-state index contributed by atoms with van der Waals surface area (Å²) in [6.45, 7) is 5.01. The molecule has 0 saturated heterocycles. The summed E-state index contributed by atoms with van der Waals surface area (Å²) in [5.74, 6) is 0. The second kappa shape index (κ2) is 3.94. The molecule has 0 aliphatic heterocycles. The Morgan fingerprint density at radius 2 is 2.23 bits per heavy atom. The summed E-state index contributed by atoms with van der Waals surface area (Å²) in [6.07, 6.45) is 2.74. The Morgan fingerprint density at radius 1 is 1.54 bits per heavy atom. The summed E-state index contributed by atoms with van der Waals surface area (Å²) in [5, 5.41) is 9.54. The highest BCUT2D eigenvalue weighted by Crippen LogP contribution is 2.10.